The van der Waals surface area contributed by atoms with Crippen LogP contribution in [0.2, 0.25) is 15.1 Å². The number of morpholine rings is 1. The maximum Gasteiger partial charge on any atom is 0.273 e. The predicted molar refractivity (Wildman–Crippen MR) is 128 cm³/mol. The Bertz CT molecular complexity index is 1160. The molecule has 0 aliphatic carbocycles. The predicted octanol–water partition coefficient (Wildman–Crippen LogP) is 5.86. The molecule has 1 saturated heterocycles. The third-order valence-corrected chi connectivity index (χ3v) is 6.68. The van der Waals surface area contributed by atoms with Gasteiger partial charge in [-0.05, 0) is 49.4 Å². The molecule has 1 aliphatic heterocycles. The van der Waals surface area contributed by atoms with Crippen molar-refractivity contribution in [3.05, 3.63) is 73.7 Å². The number of nitrogens with zero attached hydrogens (tertiary/aromatic N) is 3. The second-order valence-corrected chi connectivity index (χ2v) is 9.51. The molecule has 6 nitrogen and oxygen atoms in total. The number of hydrogen-bond acceptors (Lipinski definition) is 5. The molecule has 32 heavy (non-hydrogen) atoms. The van der Waals surface area contributed by atoms with E-state index in [2.05, 4.69) is 4.98 Å². The van der Waals surface area contributed by atoms with Crippen LogP contribution in [0.4, 0.5) is 10.8 Å². The maximum absolute atomic E-state index is 13.6. The quantitative estimate of drug-likeness (QED) is 0.441. The molecule has 0 spiro atoms. The van der Waals surface area contributed by atoms with Gasteiger partial charge in [0, 0.05) is 28.0 Å². The fourth-order valence-electron chi connectivity index (χ4n) is 3.28. The highest BCUT2D eigenvalue weighted by Gasteiger charge is 2.29. The Morgan fingerprint density at radius 1 is 1.03 bits per heavy atom. The minimum absolute atomic E-state index is 0.179. The zero-order valence-corrected chi connectivity index (χ0v) is 20.1. The van der Waals surface area contributed by atoms with Gasteiger partial charge in [0.15, 0.2) is 5.13 Å². The highest BCUT2D eigenvalue weighted by molar-refractivity contribution is 7.16. The van der Waals surface area contributed by atoms with Gasteiger partial charge in [0.25, 0.3) is 11.8 Å². The number of anilines is 2. The van der Waals surface area contributed by atoms with E-state index >= 15 is 0 Å². The largest absolute Gasteiger partial charge is 0.378 e. The molecule has 1 aliphatic rings. The van der Waals surface area contributed by atoms with Crippen molar-refractivity contribution in [3.8, 4) is 0 Å². The number of ether oxygens (including phenoxy) is 1. The van der Waals surface area contributed by atoms with E-state index in [0.717, 1.165) is 0 Å². The van der Waals surface area contributed by atoms with E-state index in [9.17, 15) is 9.59 Å². The number of amides is 2. The first kappa shape index (κ1) is 23.0. The summed E-state index contributed by atoms with van der Waals surface area (Å²) in [6.45, 7) is 3.81. The Morgan fingerprint density at radius 2 is 1.69 bits per heavy atom. The highest BCUT2D eigenvalue weighted by Crippen LogP contribution is 2.35. The SMILES string of the molecule is Cc1sc(N(C(=O)c2ccc(Cl)cc2Cl)c2ccc(Cl)cc2)nc1C(=O)N1CCOCC1. The van der Waals surface area contributed by atoms with Crippen LogP contribution in [0.15, 0.2) is 42.5 Å². The minimum atomic E-state index is -0.395. The number of carbonyl (C=O) groups is 2. The average Bonchev–Trinajstić information content (AvgIpc) is 3.16. The van der Waals surface area contributed by atoms with E-state index in [1.54, 1.807) is 41.3 Å². The summed E-state index contributed by atoms with van der Waals surface area (Å²) in [6, 6.07) is 11.5. The fraction of sp³-hybridized carbons (Fsp3) is 0.227. The van der Waals surface area contributed by atoms with Gasteiger partial charge in [0.05, 0.1) is 29.5 Å². The number of hydrogen-bond donors (Lipinski definition) is 0. The molecule has 0 radical (unpaired) electrons. The van der Waals surface area contributed by atoms with Crippen LogP contribution in [-0.2, 0) is 4.74 Å². The lowest BCUT2D eigenvalue weighted by molar-refractivity contribution is 0.0299. The number of benzene rings is 2. The summed E-state index contributed by atoms with van der Waals surface area (Å²) in [5.74, 6) is -0.575. The Kier molecular flexibility index (Phi) is 7.02. The molecule has 166 valence electrons. The lowest BCUT2D eigenvalue weighted by Gasteiger charge is -2.26. The third-order valence-electron chi connectivity index (χ3n) is 4.93. The summed E-state index contributed by atoms with van der Waals surface area (Å²) in [4.78, 5) is 35.0. The van der Waals surface area contributed by atoms with E-state index in [0.29, 0.717) is 57.7 Å². The molecule has 0 atom stereocenters. The first-order valence-corrected chi connectivity index (χ1v) is 11.7. The topological polar surface area (TPSA) is 62.7 Å². The Labute approximate surface area is 204 Å². The van der Waals surface area contributed by atoms with Gasteiger partial charge in [-0.15, -0.1) is 11.3 Å². The first-order valence-electron chi connectivity index (χ1n) is 9.74. The van der Waals surface area contributed by atoms with Gasteiger partial charge in [-0.2, -0.15) is 0 Å². The van der Waals surface area contributed by atoms with Gasteiger partial charge < -0.3 is 9.64 Å². The number of aryl methyl sites for hydroxylation is 1. The molecule has 1 fully saturated rings. The molecule has 0 N–H and O–H groups in total. The van der Waals surface area contributed by atoms with Gasteiger partial charge in [0.2, 0.25) is 0 Å². The van der Waals surface area contributed by atoms with Crippen LogP contribution >= 0.6 is 46.1 Å². The Balaban J connectivity index is 1.76. The van der Waals surface area contributed by atoms with Crippen molar-refractivity contribution in [1.29, 1.82) is 0 Å². The van der Waals surface area contributed by atoms with Gasteiger partial charge in [-0.25, -0.2) is 4.98 Å². The number of halogens is 3. The van der Waals surface area contributed by atoms with Crippen molar-refractivity contribution in [1.82, 2.24) is 9.88 Å². The third kappa shape index (κ3) is 4.77. The molecule has 0 unspecified atom stereocenters. The molecule has 3 aromatic rings. The van der Waals surface area contributed by atoms with Crippen molar-refractivity contribution < 1.29 is 14.3 Å². The van der Waals surface area contributed by atoms with Crippen molar-refractivity contribution in [3.63, 3.8) is 0 Å². The Hall–Kier alpha value is -2.16. The van der Waals surface area contributed by atoms with Crippen molar-refractivity contribution in [2.24, 2.45) is 0 Å². The Morgan fingerprint density at radius 3 is 2.34 bits per heavy atom. The summed E-state index contributed by atoms with van der Waals surface area (Å²) >= 11 is 19.6. The summed E-state index contributed by atoms with van der Waals surface area (Å²) in [7, 11) is 0. The molecule has 0 bridgehead atoms. The second-order valence-electron chi connectivity index (χ2n) is 7.05. The standard InChI is InChI=1S/C22H18Cl3N3O3S/c1-13-19(21(30)27-8-10-31-11-9-27)26-22(32-13)28(16-5-2-14(23)3-6-16)20(29)17-7-4-15(24)12-18(17)25/h2-7,12H,8-11H2,1H3. The van der Waals surface area contributed by atoms with E-state index in [4.69, 9.17) is 39.5 Å². The van der Waals surface area contributed by atoms with Crippen LogP contribution in [0.5, 0.6) is 0 Å². The molecule has 4 rings (SSSR count). The molecular formula is C22H18Cl3N3O3S. The second kappa shape index (κ2) is 9.77. The normalized spacial score (nSPS) is 13.8. The van der Waals surface area contributed by atoms with Crippen LogP contribution in [0.3, 0.4) is 0 Å². The number of thiazole rings is 1. The molecular weight excluding hydrogens is 493 g/mol. The van der Waals surface area contributed by atoms with Crippen LogP contribution < -0.4 is 4.90 Å². The van der Waals surface area contributed by atoms with Crippen molar-refractivity contribution in [2.75, 3.05) is 31.2 Å². The lowest BCUT2D eigenvalue weighted by Crippen LogP contribution is -2.41. The van der Waals surface area contributed by atoms with Gasteiger partial charge >= 0.3 is 0 Å². The summed E-state index contributed by atoms with van der Waals surface area (Å²) < 4.78 is 5.33. The van der Waals surface area contributed by atoms with Gasteiger partial charge in [-0.3, -0.25) is 14.5 Å². The summed E-state index contributed by atoms with van der Waals surface area (Å²) in [5, 5.41) is 1.54. The van der Waals surface area contributed by atoms with Gasteiger partial charge in [0.1, 0.15) is 5.69 Å². The minimum Gasteiger partial charge on any atom is -0.378 e. The monoisotopic (exact) mass is 509 g/mol. The number of aromatic nitrogens is 1. The zero-order chi connectivity index (χ0) is 22.8. The average molecular weight is 511 g/mol. The van der Waals surface area contributed by atoms with Crippen LogP contribution in [0, 0.1) is 6.92 Å². The summed E-state index contributed by atoms with van der Waals surface area (Å²) in [5.41, 5.74) is 1.13. The lowest BCUT2D eigenvalue weighted by atomic mass is 10.2. The summed E-state index contributed by atoms with van der Waals surface area (Å²) in [6.07, 6.45) is 0. The number of rotatable bonds is 4. The smallest absolute Gasteiger partial charge is 0.273 e. The molecule has 2 aromatic carbocycles. The van der Waals surface area contributed by atoms with E-state index in [-0.39, 0.29) is 16.5 Å². The van der Waals surface area contributed by atoms with Crippen molar-refractivity contribution >= 4 is 68.8 Å². The maximum atomic E-state index is 13.6. The molecule has 0 saturated carbocycles. The highest BCUT2D eigenvalue weighted by atomic mass is 35.5. The van der Waals surface area contributed by atoms with Crippen LogP contribution in [-0.4, -0.2) is 48.0 Å². The van der Waals surface area contributed by atoms with E-state index < -0.39 is 5.91 Å². The molecule has 2 heterocycles. The first-order chi connectivity index (χ1) is 15.3. The fourth-order valence-corrected chi connectivity index (χ4v) is 4.82. The molecule has 2 amide bonds. The van der Waals surface area contributed by atoms with Gasteiger partial charge in [-0.1, -0.05) is 34.8 Å². The van der Waals surface area contributed by atoms with Crippen molar-refractivity contribution in [2.45, 2.75) is 6.92 Å². The zero-order valence-electron chi connectivity index (χ0n) is 17.0. The van der Waals surface area contributed by atoms with E-state index in [1.165, 1.54) is 22.3 Å². The van der Waals surface area contributed by atoms with Crippen LogP contribution in [0.25, 0.3) is 0 Å². The number of carbonyl (C=O) groups excluding carboxylic acids is 2. The molecule has 1 aromatic heterocycles. The molecule has 10 heteroatoms. The van der Waals surface area contributed by atoms with E-state index in [1.807, 2.05) is 6.92 Å². The van der Waals surface area contributed by atoms with Crippen LogP contribution in [0.1, 0.15) is 25.7 Å².